The average Bonchev–Trinajstić information content (AvgIpc) is 2.92. The molecule has 1 aromatic carbocycles. The van der Waals surface area contributed by atoms with E-state index in [1.165, 1.54) is 18.2 Å². The normalized spacial score (nSPS) is 12.0. The molecule has 23 heavy (non-hydrogen) atoms. The molecule has 0 saturated carbocycles. The van der Waals surface area contributed by atoms with Crippen LogP contribution in [0.25, 0.3) is 0 Å². The first-order chi connectivity index (χ1) is 10.9. The van der Waals surface area contributed by atoms with Crippen molar-refractivity contribution in [3.8, 4) is 0 Å². The fourth-order valence-electron chi connectivity index (χ4n) is 1.97. The van der Waals surface area contributed by atoms with Crippen molar-refractivity contribution in [1.82, 2.24) is 14.9 Å². The highest BCUT2D eigenvalue weighted by atomic mass is 32.2. The summed E-state index contributed by atoms with van der Waals surface area (Å²) < 4.78 is 44.5. The van der Waals surface area contributed by atoms with Gasteiger partial charge < -0.3 is 4.52 Å². The Morgan fingerprint density at radius 2 is 2.13 bits per heavy atom. The summed E-state index contributed by atoms with van der Waals surface area (Å²) in [4.78, 5) is 4.22. The highest BCUT2D eigenvalue weighted by Crippen LogP contribution is 2.11. The number of benzene rings is 1. The molecule has 1 aromatic heterocycles. The smallest absolute Gasteiger partial charge is 0.226 e. The molecule has 0 radical (unpaired) electrons. The first kappa shape index (κ1) is 17.6. The molecule has 126 valence electrons. The Bertz CT molecular complexity index is 744. The molecule has 0 aliphatic rings. The molecule has 8 heteroatoms. The molecular weight excluding hydrogens is 321 g/mol. The maximum Gasteiger partial charge on any atom is 0.226 e. The van der Waals surface area contributed by atoms with E-state index in [9.17, 15) is 12.8 Å². The van der Waals surface area contributed by atoms with Crippen LogP contribution in [0.1, 0.15) is 43.5 Å². The van der Waals surface area contributed by atoms with Crippen LogP contribution in [0.2, 0.25) is 0 Å². The number of sulfonamides is 1. The molecule has 2 rings (SSSR count). The van der Waals surface area contributed by atoms with Crippen molar-refractivity contribution in [3.05, 3.63) is 47.4 Å². The van der Waals surface area contributed by atoms with E-state index in [1.54, 1.807) is 6.07 Å². The Kier molecular flexibility index (Phi) is 5.84. The lowest BCUT2D eigenvalue weighted by Crippen LogP contribution is -2.26. The van der Waals surface area contributed by atoms with Gasteiger partial charge >= 0.3 is 0 Å². The van der Waals surface area contributed by atoms with Crippen molar-refractivity contribution in [2.45, 2.75) is 38.4 Å². The molecule has 0 spiro atoms. The summed E-state index contributed by atoms with van der Waals surface area (Å²) in [5.74, 6) is 0.639. The van der Waals surface area contributed by atoms with Gasteiger partial charge in [0, 0.05) is 18.9 Å². The fraction of sp³-hybridized carbons (Fsp3) is 0.467. The predicted molar refractivity (Wildman–Crippen MR) is 83.7 cm³/mol. The van der Waals surface area contributed by atoms with E-state index in [-0.39, 0.29) is 18.2 Å². The van der Waals surface area contributed by atoms with Crippen LogP contribution in [-0.2, 0) is 22.2 Å². The van der Waals surface area contributed by atoms with Gasteiger partial charge in [-0.1, -0.05) is 31.1 Å². The molecule has 1 heterocycles. The van der Waals surface area contributed by atoms with E-state index in [4.69, 9.17) is 4.52 Å². The molecule has 0 aliphatic heterocycles. The summed E-state index contributed by atoms with van der Waals surface area (Å²) in [6.45, 7) is 4.20. The standard InChI is InChI=1S/C15H20FN3O3S/c1-11(2)15-18-14(22-19-15)7-4-8-17-23(20,21)10-12-5-3-6-13(16)9-12/h3,5-6,9,11,17H,4,7-8,10H2,1-2H3. The minimum absolute atomic E-state index is 0.192. The number of rotatable bonds is 8. The van der Waals surface area contributed by atoms with Crippen LogP contribution in [0.3, 0.4) is 0 Å². The third kappa shape index (κ3) is 5.72. The van der Waals surface area contributed by atoms with Gasteiger partial charge in [-0.15, -0.1) is 0 Å². The number of aromatic nitrogens is 2. The van der Waals surface area contributed by atoms with Crippen molar-refractivity contribution in [2.24, 2.45) is 0 Å². The zero-order valence-corrected chi connectivity index (χ0v) is 13.9. The molecule has 2 aromatic rings. The molecule has 0 aliphatic carbocycles. The largest absolute Gasteiger partial charge is 0.339 e. The van der Waals surface area contributed by atoms with Crippen LogP contribution in [-0.4, -0.2) is 25.1 Å². The SMILES string of the molecule is CC(C)c1noc(CCCNS(=O)(=O)Cc2cccc(F)c2)n1. The molecular formula is C15H20FN3O3S. The van der Waals surface area contributed by atoms with Gasteiger partial charge in [-0.3, -0.25) is 0 Å². The summed E-state index contributed by atoms with van der Waals surface area (Å²) in [6.07, 6.45) is 1.05. The molecule has 0 amide bonds. The van der Waals surface area contributed by atoms with Gasteiger partial charge in [-0.25, -0.2) is 17.5 Å². The molecule has 0 bridgehead atoms. The Balaban J connectivity index is 1.78. The second-order valence-electron chi connectivity index (χ2n) is 5.59. The van der Waals surface area contributed by atoms with E-state index in [2.05, 4.69) is 14.9 Å². The Labute approximate surface area is 135 Å². The Morgan fingerprint density at radius 3 is 2.78 bits per heavy atom. The summed E-state index contributed by atoms with van der Waals surface area (Å²) in [6, 6.07) is 5.56. The number of hydrogen-bond acceptors (Lipinski definition) is 5. The lowest BCUT2D eigenvalue weighted by molar-refractivity contribution is 0.368. The fourth-order valence-corrected chi connectivity index (χ4v) is 3.14. The van der Waals surface area contributed by atoms with Crippen molar-refractivity contribution in [1.29, 1.82) is 0 Å². The molecule has 0 unspecified atom stereocenters. The van der Waals surface area contributed by atoms with Gasteiger partial charge in [0.1, 0.15) is 5.82 Å². The van der Waals surface area contributed by atoms with Crippen LogP contribution >= 0.6 is 0 Å². The Hall–Kier alpha value is -1.80. The van der Waals surface area contributed by atoms with Gasteiger partial charge in [0.2, 0.25) is 15.9 Å². The molecule has 6 nitrogen and oxygen atoms in total. The van der Waals surface area contributed by atoms with Crippen LogP contribution < -0.4 is 4.72 Å². The second-order valence-corrected chi connectivity index (χ2v) is 7.39. The average molecular weight is 341 g/mol. The van der Waals surface area contributed by atoms with E-state index in [1.807, 2.05) is 13.8 Å². The number of halogens is 1. The molecule has 1 N–H and O–H groups in total. The van der Waals surface area contributed by atoms with E-state index in [0.29, 0.717) is 30.1 Å². The first-order valence-corrected chi connectivity index (χ1v) is 9.05. The van der Waals surface area contributed by atoms with Crippen molar-refractivity contribution in [3.63, 3.8) is 0 Å². The third-order valence-corrected chi connectivity index (χ3v) is 4.49. The van der Waals surface area contributed by atoms with Gasteiger partial charge in [0.25, 0.3) is 0 Å². The maximum absolute atomic E-state index is 13.1. The minimum Gasteiger partial charge on any atom is -0.339 e. The van der Waals surface area contributed by atoms with Crippen LogP contribution in [0, 0.1) is 5.82 Å². The molecule has 0 atom stereocenters. The monoisotopic (exact) mass is 341 g/mol. The lowest BCUT2D eigenvalue weighted by atomic mass is 10.2. The number of nitrogens with zero attached hydrogens (tertiary/aromatic N) is 2. The predicted octanol–water partition coefficient (Wildman–Crippen LogP) is 2.38. The summed E-state index contributed by atoms with van der Waals surface area (Å²) in [5, 5.41) is 3.85. The minimum atomic E-state index is -3.50. The number of hydrogen-bond donors (Lipinski definition) is 1. The van der Waals surface area contributed by atoms with Gasteiger partial charge in [-0.05, 0) is 24.1 Å². The van der Waals surface area contributed by atoms with Crippen LogP contribution in [0.5, 0.6) is 0 Å². The summed E-state index contributed by atoms with van der Waals surface area (Å²) in [5.41, 5.74) is 0.413. The van der Waals surface area contributed by atoms with Crippen molar-refractivity contribution in [2.75, 3.05) is 6.54 Å². The zero-order chi connectivity index (χ0) is 16.9. The zero-order valence-electron chi connectivity index (χ0n) is 13.1. The molecule has 0 fully saturated rings. The van der Waals surface area contributed by atoms with Gasteiger partial charge in [0.05, 0.1) is 5.75 Å². The Morgan fingerprint density at radius 1 is 1.35 bits per heavy atom. The number of aryl methyl sites for hydroxylation is 1. The summed E-state index contributed by atoms with van der Waals surface area (Å²) in [7, 11) is -3.50. The second kappa shape index (κ2) is 7.65. The lowest BCUT2D eigenvalue weighted by Gasteiger charge is -2.06. The van der Waals surface area contributed by atoms with Crippen molar-refractivity contribution >= 4 is 10.0 Å². The van der Waals surface area contributed by atoms with E-state index < -0.39 is 15.8 Å². The maximum atomic E-state index is 13.1. The number of nitrogens with one attached hydrogen (secondary N) is 1. The van der Waals surface area contributed by atoms with Gasteiger partial charge in [-0.2, -0.15) is 4.98 Å². The highest BCUT2D eigenvalue weighted by molar-refractivity contribution is 7.88. The highest BCUT2D eigenvalue weighted by Gasteiger charge is 2.13. The van der Waals surface area contributed by atoms with Crippen LogP contribution in [0.15, 0.2) is 28.8 Å². The first-order valence-electron chi connectivity index (χ1n) is 7.40. The van der Waals surface area contributed by atoms with Gasteiger partial charge in [0.15, 0.2) is 5.82 Å². The topological polar surface area (TPSA) is 85.1 Å². The summed E-state index contributed by atoms with van der Waals surface area (Å²) >= 11 is 0. The van der Waals surface area contributed by atoms with E-state index in [0.717, 1.165) is 0 Å². The van der Waals surface area contributed by atoms with Crippen LogP contribution in [0.4, 0.5) is 4.39 Å². The third-order valence-electron chi connectivity index (χ3n) is 3.14. The molecule has 0 saturated heterocycles. The van der Waals surface area contributed by atoms with Crippen molar-refractivity contribution < 1.29 is 17.3 Å². The quantitative estimate of drug-likeness (QED) is 0.745. The van der Waals surface area contributed by atoms with E-state index >= 15 is 0 Å².